The molecule has 1 fully saturated rings. The number of hydrogen-bond donors (Lipinski definition) is 3. The van der Waals surface area contributed by atoms with Gasteiger partial charge in [0, 0.05) is 11.1 Å². The van der Waals surface area contributed by atoms with E-state index in [0.29, 0.717) is 17.3 Å². The van der Waals surface area contributed by atoms with E-state index in [4.69, 9.17) is 32.1 Å². The zero-order valence-electron chi connectivity index (χ0n) is 16.8. The minimum Gasteiger partial charge on any atom is -0.457 e. The zero-order valence-corrected chi connectivity index (χ0v) is 17.6. The van der Waals surface area contributed by atoms with Gasteiger partial charge in [-0.05, 0) is 92.2 Å². The quantitative estimate of drug-likeness (QED) is 0.354. The van der Waals surface area contributed by atoms with E-state index in [1.165, 1.54) is 24.8 Å². The molecule has 0 saturated heterocycles. The molecule has 29 heavy (non-hydrogen) atoms. The highest BCUT2D eigenvalue weighted by molar-refractivity contribution is 6.40. The van der Waals surface area contributed by atoms with Gasteiger partial charge in [-0.25, -0.2) is 0 Å². The van der Waals surface area contributed by atoms with Crippen LogP contribution in [0.15, 0.2) is 48.5 Å². The average molecular weight is 416 g/mol. The second-order valence-electron chi connectivity index (χ2n) is 8.27. The Morgan fingerprint density at radius 1 is 1.00 bits per heavy atom. The van der Waals surface area contributed by atoms with Gasteiger partial charge in [-0.3, -0.25) is 0 Å². The lowest BCUT2D eigenvalue weighted by Gasteiger charge is -2.39. The van der Waals surface area contributed by atoms with Crippen LogP contribution in [-0.4, -0.2) is 23.2 Å². The summed E-state index contributed by atoms with van der Waals surface area (Å²) in [6, 6.07) is 16.0. The standard InChI is InChI=1S/C23H31BClNO3/c25-20-8-12-22(13-9-20)29-21-10-6-17(7-11-21)4-5-18-15-19(16-18)23(26)3-1-2-14-24(27)28/h6-13,18-19,23,27-28H,1-5,14-16,26H2. The Labute approximate surface area is 179 Å². The lowest BCUT2D eigenvalue weighted by atomic mass is 9.68. The summed E-state index contributed by atoms with van der Waals surface area (Å²) < 4.78 is 5.84. The van der Waals surface area contributed by atoms with E-state index in [-0.39, 0.29) is 6.04 Å². The van der Waals surface area contributed by atoms with Crippen LogP contribution < -0.4 is 10.5 Å². The summed E-state index contributed by atoms with van der Waals surface area (Å²) in [6.07, 6.45) is 7.98. The van der Waals surface area contributed by atoms with Crippen molar-refractivity contribution in [1.82, 2.24) is 0 Å². The maximum absolute atomic E-state index is 8.88. The van der Waals surface area contributed by atoms with E-state index in [2.05, 4.69) is 12.1 Å². The number of halogens is 1. The van der Waals surface area contributed by atoms with E-state index in [1.807, 2.05) is 36.4 Å². The summed E-state index contributed by atoms with van der Waals surface area (Å²) in [4.78, 5) is 0. The summed E-state index contributed by atoms with van der Waals surface area (Å²) in [7, 11) is -1.18. The van der Waals surface area contributed by atoms with Crippen LogP contribution in [-0.2, 0) is 6.42 Å². The predicted octanol–water partition coefficient (Wildman–Crippen LogP) is 5.06. The van der Waals surface area contributed by atoms with Crippen molar-refractivity contribution in [2.45, 2.75) is 57.3 Å². The smallest absolute Gasteiger partial charge is 0.451 e. The first kappa shape index (κ1) is 22.2. The van der Waals surface area contributed by atoms with Crippen LogP contribution in [0.5, 0.6) is 11.5 Å². The molecule has 0 spiro atoms. The van der Waals surface area contributed by atoms with E-state index < -0.39 is 7.12 Å². The van der Waals surface area contributed by atoms with Gasteiger partial charge in [0.05, 0.1) is 0 Å². The summed E-state index contributed by atoms with van der Waals surface area (Å²) in [5.74, 6) is 3.02. The maximum atomic E-state index is 8.88. The summed E-state index contributed by atoms with van der Waals surface area (Å²) >= 11 is 5.90. The first-order valence-electron chi connectivity index (χ1n) is 10.6. The molecule has 0 heterocycles. The Morgan fingerprint density at radius 2 is 1.62 bits per heavy atom. The molecule has 0 aromatic heterocycles. The SMILES string of the molecule is NC(CCCCB(O)O)C1CC(CCc2ccc(Oc3ccc(Cl)cc3)cc2)C1. The number of hydrogen-bond acceptors (Lipinski definition) is 4. The highest BCUT2D eigenvalue weighted by Gasteiger charge is 2.32. The Kier molecular flexibility index (Phi) is 8.43. The number of ether oxygens (including phenoxy) is 1. The zero-order chi connectivity index (χ0) is 20.6. The van der Waals surface area contributed by atoms with Crippen molar-refractivity contribution in [3.63, 3.8) is 0 Å². The van der Waals surface area contributed by atoms with Crippen molar-refractivity contribution in [2.75, 3.05) is 0 Å². The van der Waals surface area contributed by atoms with Crippen LogP contribution in [0.4, 0.5) is 0 Å². The Balaban J connectivity index is 1.32. The monoisotopic (exact) mass is 415 g/mol. The normalized spacial score (nSPS) is 19.4. The summed E-state index contributed by atoms with van der Waals surface area (Å²) in [6.45, 7) is 0. The molecule has 1 atom stereocenters. The molecule has 3 rings (SSSR count). The Morgan fingerprint density at radius 3 is 2.24 bits per heavy atom. The molecule has 1 saturated carbocycles. The van der Waals surface area contributed by atoms with Crippen molar-refractivity contribution in [1.29, 1.82) is 0 Å². The van der Waals surface area contributed by atoms with Crippen LogP contribution >= 0.6 is 11.6 Å². The highest BCUT2D eigenvalue weighted by atomic mass is 35.5. The van der Waals surface area contributed by atoms with Crippen LogP contribution in [0, 0.1) is 11.8 Å². The van der Waals surface area contributed by atoms with Crippen molar-refractivity contribution in [2.24, 2.45) is 17.6 Å². The Hall–Kier alpha value is -1.53. The van der Waals surface area contributed by atoms with Gasteiger partial charge in [0.15, 0.2) is 0 Å². The van der Waals surface area contributed by atoms with Gasteiger partial charge in [-0.15, -0.1) is 0 Å². The molecule has 2 aromatic carbocycles. The van der Waals surface area contributed by atoms with Crippen LogP contribution in [0.25, 0.3) is 0 Å². The molecule has 0 aliphatic heterocycles. The van der Waals surface area contributed by atoms with Gasteiger partial charge >= 0.3 is 7.12 Å². The van der Waals surface area contributed by atoms with Crippen molar-refractivity contribution < 1.29 is 14.8 Å². The minimum atomic E-state index is -1.18. The van der Waals surface area contributed by atoms with E-state index in [1.54, 1.807) is 0 Å². The molecule has 0 bridgehead atoms. The molecule has 0 radical (unpaired) electrons. The first-order valence-corrected chi connectivity index (χ1v) is 11.0. The highest BCUT2D eigenvalue weighted by Crippen LogP contribution is 2.39. The van der Waals surface area contributed by atoms with Crippen LogP contribution in [0.3, 0.4) is 0 Å². The number of aryl methyl sites for hydroxylation is 1. The van der Waals surface area contributed by atoms with Crippen LogP contribution in [0.2, 0.25) is 11.3 Å². The van der Waals surface area contributed by atoms with Crippen molar-refractivity contribution >= 4 is 18.7 Å². The molecule has 0 amide bonds. The van der Waals surface area contributed by atoms with Gasteiger partial charge in [-0.1, -0.05) is 36.6 Å². The third-order valence-corrected chi connectivity index (χ3v) is 6.19. The van der Waals surface area contributed by atoms with E-state index >= 15 is 0 Å². The predicted molar refractivity (Wildman–Crippen MR) is 119 cm³/mol. The molecule has 156 valence electrons. The molecule has 4 nitrogen and oxygen atoms in total. The number of benzene rings is 2. The van der Waals surface area contributed by atoms with Gasteiger partial charge in [-0.2, -0.15) is 0 Å². The topological polar surface area (TPSA) is 75.7 Å². The molecule has 6 heteroatoms. The lowest BCUT2D eigenvalue weighted by molar-refractivity contribution is 0.147. The number of unbranched alkanes of at least 4 members (excludes halogenated alkanes) is 1. The fourth-order valence-corrected chi connectivity index (χ4v) is 4.17. The molecular formula is C23H31BClNO3. The maximum Gasteiger partial charge on any atom is 0.451 e. The van der Waals surface area contributed by atoms with Gasteiger partial charge in [0.1, 0.15) is 11.5 Å². The molecule has 4 N–H and O–H groups in total. The van der Waals surface area contributed by atoms with E-state index in [9.17, 15) is 0 Å². The third kappa shape index (κ3) is 7.34. The number of rotatable bonds is 11. The largest absolute Gasteiger partial charge is 0.457 e. The minimum absolute atomic E-state index is 0.256. The molecule has 1 aliphatic carbocycles. The number of nitrogens with two attached hydrogens (primary N) is 1. The third-order valence-electron chi connectivity index (χ3n) is 5.94. The summed E-state index contributed by atoms with van der Waals surface area (Å²) in [5, 5.41) is 18.5. The molecule has 2 aromatic rings. The van der Waals surface area contributed by atoms with E-state index in [0.717, 1.165) is 43.1 Å². The second kappa shape index (κ2) is 11.0. The fourth-order valence-electron chi connectivity index (χ4n) is 4.05. The van der Waals surface area contributed by atoms with Gasteiger partial charge in [0.2, 0.25) is 0 Å². The molecular weight excluding hydrogens is 385 g/mol. The Bertz CT molecular complexity index is 733. The fraction of sp³-hybridized carbons (Fsp3) is 0.478. The molecule has 1 aliphatic rings. The average Bonchev–Trinajstić information content (AvgIpc) is 2.67. The second-order valence-corrected chi connectivity index (χ2v) is 8.70. The van der Waals surface area contributed by atoms with Crippen molar-refractivity contribution in [3.05, 3.63) is 59.1 Å². The van der Waals surface area contributed by atoms with Crippen molar-refractivity contribution in [3.8, 4) is 11.5 Å². The van der Waals surface area contributed by atoms with Crippen LogP contribution in [0.1, 0.15) is 44.1 Å². The summed E-state index contributed by atoms with van der Waals surface area (Å²) in [5.41, 5.74) is 7.64. The first-order chi connectivity index (χ1) is 14.0. The lowest BCUT2D eigenvalue weighted by Crippen LogP contribution is -2.39. The van der Waals surface area contributed by atoms with Gasteiger partial charge < -0.3 is 20.5 Å². The molecule has 1 unspecified atom stereocenters. The van der Waals surface area contributed by atoms with Gasteiger partial charge in [0.25, 0.3) is 0 Å².